The summed E-state index contributed by atoms with van der Waals surface area (Å²) in [6.45, 7) is 8.86. The predicted molar refractivity (Wildman–Crippen MR) is 145 cm³/mol. The van der Waals surface area contributed by atoms with Crippen molar-refractivity contribution in [3.63, 3.8) is 0 Å². The Morgan fingerprint density at radius 3 is 2.06 bits per heavy atom. The van der Waals surface area contributed by atoms with Crippen molar-refractivity contribution in [1.29, 1.82) is 0 Å². The predicted octanol–water partition coefficient (Wildman–Crippen LogP) is 8.34. The first-order chi connectivity index (χ1) is 16.5. The lowest BCUT2D eigenvalue weighted by molar-refractivity contribution is 0.783. The Morgan fingerprint density at radius 2 is 1.32 bits per heavy atom. The fourth-order valence-electron chi connectivity index (χ4n) is 5.38. The third-order valence-corrected chi connectivity index (χ3v) is 7.08. The minimum atomic E-state index is 0.236. The van der Waals surface area contributed by atoms with Gasteiger partial charge in [0.05, 0.1) is 16.7 Å². The standard InChI is InChI=1S/C31H29N3/c1-18(2)21-16-17-25(24-13-9-8-12-23(21)24)27-30-28(33-31(32-27)19(3)4)26-15-14-20-10-6-7-11-22(20)29(26)34(30)5/h6-19H,1-5H3. The SMILES string of the molecule is CC(C)c1nc(-c2ccc(C(C)C)c3ccccc23)c2c(n1)c1ccc3ccccc3c1n2C. The molecule has 0 aliphatic rings. The summed E-state index contributed by atoms with van der Waals surface area (Å²) in [5, 5.41) is 6.23. The maximum absolute atomic E-state index is 5.20. The molecule has 4 aromatic carbocycles. The molecule has 2 aromatic heterocycles. The number of rotatable bonds is 3. The van der Waals surface area contributed by atoms with E-state index in [9.17, 15) is 0 Å². The molecule has 3 heteroatoms. The molecule has 0 N–H and O–H groups in total. The van der Waals surface area contributed by atoms with Crippen molar-refractivity contribution in [2.75, 3.05) is 0 Å². The highest BCUT2D eigenvalue weighted by Gasteiger charge is 2.21. The second-order valence-electron chi connectivity index (χ2n) is 9.93. The van der Waals surface area contributed by atoms with Gasteiger partial charge in [-0.05, 0) is 33.7 Å². The number of hydrogen-bond donors (Lipinski definition) is 0. The molecule has 0 amide bonds. The van der Waals surface area contributed by atoms with Crippen LogP contribution in [0.4, 0.5) is 0 Å². The highest BCUT2D eigenvalue weighted by molar-refractivity contribution is 6.19. The highest BCUT2D eigenvalue weighted by atomic mass is 15.0. The summed E-state index contributed by atoms with van der Waals surface area (Å²) in [7, 11) is 2.16. The van der Waals surface area contributed by atoms with Crippen LogP contribution in [0.5, 0.6) is 0 Å². The van der Waals surface area contributed by atoms with Gasteiger partial charge in [-0.2, -0.15) is 0 Å². The maximum atomic E-state index is 5.20. The summed E-state index contributed by atoms with van der Waals surface area (Å²) in [4.78, 5) is 10.3. The van der Waals surface area contributed by atoms with Crippen molar-refractivity contribution < 1.29 is 0 Å². The molecule has 0 saturated carbocycles. The zero-order chi connectivity index (χ0) is 23.6. The van der Waals surface area contributed by atoms with Crippen LogP contribution < -0.4 is 0 Å². The quantitative estimate of drug-likeness (QED) is 0.275. The fourth-order valence-corrected chi connectivity index (χ4v) is 5.38. The number of nitrogens with zero attached hydrogens (tertiary/aromatic N) is 3. The van der Waals surface area contributed by atoms with Crippen molar-refractivity contribution in [2.45, 2.75) is 39.5 Å². The van der Waals surface area contributed by atoms with E-state index in [4.69, 9.17) is 9.97 Å². The Bertz CT molecular complexity index is 1720. The van der Waals surface area contributed by atoms with E-state index < -0.39 is 0 Å². The van der Waals surface area contributed by atoms with E-state index in [0.29, 0.717) is 5.92 Å². The summed E-state index contributed by atoms with van der Waals surface area (Å²) in [5.74, 6) is 1.58. The molecule has 2 heterocycles. The minimum Gasteiger partial charge on any atom is -0.340 e. The molecule has 0 radical (unpaired) electrons. The molecular weight excluding hydrogens is 414 g/mol. The zero-order valence-electron chi connectivity index (χ0n) is 20.4. The molecule has 0 spiro atoms. The van der Waals surface area contributed by atoms with Crippen LogP contribution in [0.2, 0.25) is 0 Å². The van der Waals surface area contributed by atoms with Gasteiger partial charge in [0.1, 0.15) is 11.3 Å². The molecule has 6 rings (SSSR count). The largest absolute Gasteiger partial charge is 0.340 e. The van der Waals surface area contributed by atoms with Crippen LogP contribution in [0.25, 0.3) is 54.7 Å². The molecule has 0 aliphatic heterocycles. The number of aryl methyl sites for hydroxylation is 1. The zero-order valence-corrected chi connectivity index (χ0v) is 20.4. The van der Waals surface area contributed by atoms with Crippen LogP contribution in [0, 0.1) is 0 Å². The molecule has 0 atom stereocenters. The average molecular weight is 444 g/mol. The molecule has 0 aliphatic carbocycles. The van der Waals surface area contributed by atoms with Crippen LogP contribution in [0.3, 0.4) is 0 Å². The van der Waals surface area contributed by atoms with E-state index in [1.54, 1.807) is 0 Å². The topological polar surface area (TPSA) is 30.7 Å². The van der Waals surface area contributed by atoms with Gasteiger partial charge in [-0.1, -0.05) is 94.4 Å². The second kappa shape index (κ2) is 7.66. The van der Waals surface area contributed by atoms with Crippen LogP contribution in [0.15, 0.2) is 72.8 Å². The average Bonchev–Trinajstić information content (AvgIpc) is 3.15. The van der Waals surface area contributed by atoms with E-state index in [2.05, 4.69) is 112 Å². The molecule has 0 bridgehead atoms. The van der Waals surface area contributed by atoms with E-state index in [-0.39, 0.29) is 5.92 Å². The Balaban J connectivity index is 1.81. The summed E-state index contributed by atoms with van der Waals surface area (Å²) in [6, 6.07) is 26.3. The van der Waals surface area contributed by atoms with E-state index in [0.717, 1.165) is 22.6 Å². The third kappa shape index (κ3) is 2.96. The summed E-state index contributed by atoms with van der Waals surface area (Å²) in [6.07, 6.45) is 0. The summed E-state index contributed by atoms with van der Waals surface area (Å²) in [5.41, 5.74) is 6.91. The van der Waals surface area contributed by atoms with Crippen molar-refractivity contribution in [2.24, 2.45) is 7.05 Å². The second-order valence-corrected chi connectivity index (χ2v) is 9.93. The van der Waals surface area contributed by atoms with Gasteiger partial charge >= 0.3 is 0 Å². The van der Waals surface area contributed by atoms with Gasteiger partial charge < -0.3 is 4.57 Å². The smallest absolute Gasteiger partial charge is 0.132 e. The molecule has 168 valence electrons. The fraction of sp³-hybridized carbons (Fsp3) is 0.226. The Labute approximate surface area is 200 Å². The molecule has 0 unspecified atom stereocenters. The van der Waals surface area contributed by atoms with Crippen LogP contribution in [-0.2, 0) is 7.05 Å². The van der Waals surface area contributed by atoms with Gasteiger partial charge in [0.15, 0.2) is 0 Å². The first-order valence-electron chi connectivity index (χ1n) is 12.2. The minimum absolute atomic E-state index is 0.236. The first-order valence-corrected chi connectivity index (χ1v) is 12.2. The number of aromatic nitrogens is 3. The van der Waals surface area contributed by atoms with Crippen molar-refractivity contribution >= 4 is 43.5 Å². The molecular formula is C31H29N3. The molecule has 3 nitrogen and oxygen atoms in total. The van der Waals surface area contributed by atoms with Crippen molar-refractivity contribution in [3.05, 3.63) is 84.2 Å². The van der Waals surface area contributed by atoms with E-state index in [1.807, 2.05) is 0 Å². The van der Waals surface area contributed by atoms with E-state index in [1.165, 1.54) is 43.6 Å². The lowest BCUT2D eigenvalue weighted by Gasteiger charge is -2.16. The Morgan fingerprint density at radius 1 is 0.618 bits per heavy atom. The maximum Gasteiger partial charge on any atom is 0.132 e. The summed E-state index contributed by atoms with van der Waals surface area (Å²) < 4.78 is 2.30. The first kappa shape index (κ1) is 20.9. The van der Waals surface area contributed by atoms with E-state index >= 15 is 0 Å². The van der Waals surface area contributed by atoms with Gasteiger partial charge in [-0.15, -0.1) is 0 Å². The third-order valence-electron chi connectivity index (χ3n) is 7.08. The van der Waals surface area contributed by atoms with Gasteiger partial charge in [0, 0.05) is 29.3 Å². The molecule has 34 heavy (non-hydrogen) atoms. The normalized spacial score (nSPS) is 12.2. The van der Waals surface area contributed by atoms with Gasteiger partial charge in [0.25, 0.3) is 0 Å². The number of benzene rings is 4. The highest BCUT2D eigenvalue weighted by Crippen LogP contribution is 2.40. The molecule has 0 saturated heterocycles. The van der Waals surface area contributed by atoms with Crippen LogP contribution in [0.1, 0.15) is 50.9 Å². The molecule has 6 aromatic rings. The van der Waals surface area contributed by atoms with Gasteiger partial charge in [0.2, 0.25) is 0 Å². The number of hydrogen-bond acceptors (Lipinski definition) is 2. The Hall–Kier alpha value is -3.72. The van der Waals surface area contributed by atoms with Crippen molar-refractivity contribution in [1.82, 2.24) is 14.5 Å². The van der Waals surface area contributed by atoms with Crippen molar-refractivity contribution in [3.8, 4) is 11.3 Å². The van der Waals surface area contributed by atoms with Gasteiger partial charge in [-0.3, -0.25) is 0 Å². The van der Waals surface area contributed by atoms with Gasteiger partial charge in [-0.25, -0.2) is 9.97 Å². The lowest BCUT2D eigenvalue weighted by Crippen LogP contribution is -2.02. The molecule has 0 fully saturated rings. The monoisotopic (exact) mass is 443 g/mol. The number of fused-ring (bicyclic) bond motifs is 6. The van der Waals surface area contributed by atoms with Crippen LogP contribution >= 0.6 is 0 Å². The Kier molecular flexibility index (Phi) is 4.70. The lowest BCUT2D eigenvalue weighted by atomic mass is 9.92. The summed E-state index contributed by atoms with van der Waals surface area (Å²) >= 11 is 0. The van der Waals surface area contributed by atoms with Crippen LogP contribution in [-0.4, -0.2) is 14.5 Å².